The molecule has 0 N–H and O–H groups in total. The Morgan fingerprint density at radius 2 is 1.00 bits per heavy atom. The van der Waals surface area contributed by atoms with E-state index in [4.69, 9.17) is 0 Å². The molecule has 5 aromatic carbocycles. The molecule has 3 heteroatoms. The van der Waals surface area contributed by atoms with Gasteiger partial charge in [-0.15, -0.1) is 0 Å². The van der Waals surface area contributed by atoms with Crippen molar-refractivity contribution in [3.8, 4) is 11.2 Å². The van der Waals surface area contributed by atoms with Gasteiger partial charge in [-0.05, 0) is 53.4 Å². The number of hydrogen-bond donors (Lipinski definition) is 0. The van der Waals surface area contributed by atoms with Crippen LogP contribution in [0.2, 0.25) is 0 Å². The van der Waals surface area contributed by atoms with Gasteiger partial charge in [-0.2, -0.15) is 0 Å². The van der Waals surface area contributed by atoms with E-state index in [0.717, 1.165) is 34.8 Å². The summed E-state index contributed by atoms with van der Waals surface area (Å²) in [5.41, 5.74) is 5.52. The van der Waals surface area contributed by atoms with Crippen LogP contribution in [0.4, 0.5) is 5.69 Å². The summed E-state index contributed by atoms with van der Waals surface area (Å²) in [6, 6.07) is 48.9. The zero-order chi connectivity index (χ0) is 26.0. The van der Waals surface area contributed by atoms with Crippen molar-refractivity contribution in [2.75, 3.05) is 4.90 Å². The van der Waals surface area contributed by atoms with Gasteiger partial charge in [0.15, 0.2) is 25.8 Å². The lowest BCUT2D eigenvalue weighted by Gasteiger charge is -2.25. The van der Waals surface area contributed by atoms with Gasteiger partial charge in [0.05, 0.1) is 0 Å². The summed E-state index contributed by atoms with van der Waals surface area (Å²) in [6.07, 6.45) is 0. The molecule has 38 heavy (non-hydrogen) atoms. The number of benzene rings is 5. The van der Waals surface area contributed by atoms with Crippen LogP contribution < -0.4 is 4.90 Å². The zero-order valence-corrected chi connectivity index (χ0v) is 22.1. The van der Waals surface area contributed by atoms with Gasteiger partial charge >= 0.3 is 0 Å². The molecule has 0 radical (unpaired) electrons. The fourth-order valence-corrected chi connectivity index (χ4v) is 6.26. The molecule has 2 nitrogen and oxygen atoms in total. The van der Waals surface area contributed by atoms with Crippen LogP contribution in [0.15, 0.2) is 150 Å². The van der Waals surface area contributed by atoms with Gasteiger partial charge in [-0.1, -0.05) is 113 Å². The fourth-order valence-electron chi connectivity index (χ4n) is 4.37. The molecule has 1 atom stereocenters. The molecule has 5 rings (SSSR count). The van der Waals surface area contributed by atoms with Crippen molar-refractivity contribution >= 4 is 15.6 Å². The van der Waals surface area contributed by atoms with Crippen molar-refractivity contribution in [3.63, 3.8) is 0 Å². The van der Waals surface area contributed by atoms with E-state index in [1.165, 1.54) is 11.1 Å². The Morgan fingerprint density at radius 1 is 0.526 bits per heavy atom. The standard InChI is InChI=1S/C35H30NOS/c37-38(35-19-11-4-12-20-35,26-25-30-13-5-1-6-14-30)29-33-21-23-34(24-22-33)36(27-31-15-7-2-8-16-31)28-32-17-9-3-10-18-32/h1-24H,27-29H2/q+1. The average Bonchev–Trinajstić information content (AvgIpc) is 2.98. The minimum atomic E-state index is -2.62. The van der Waals surface area contributed by atoms with Crippen LogP contribution in [0.1, 0.15) is 22.3 Å². The van der Waals surface area contributed by atoms with Crippen molar-refractivity contribution in [1.29, 1.82) is 0 Å². The fraction of sp³-hybridized carbons (Fsp3) is 0.0857. The number of nitrogens with zero attached hydrogens (tertiary/aromatic N) is 1. The molecule has 0 aromatic heterocycles. The van der Waals surface area contributed by atoms with E-state index in [1.807, 2.05) is 72.8 Å². The summed E-state index contributed by atoms with van der Waals surface area (Å²) in [5.74, 6) is 3.52. The number of hydrogen-bond acceptors (Lipinski definition) is 2. The molecule has 186 valence electrons. The largest absolute Gasteiger partial charge is 0.363 e. The maximum Gasteiger partial charge on any atom is 0.197 e. The Labute approximate surface area is 227 Å². The molecule has 0 amide bonds. The first-order valence-electron chi connectivity index (χ1n) is 12.7. The van der Waals surface area contributed by atoms with E-state index in [2.05, 4.69) is 88.9 Å². The second kappa shape index (κ2) is 12.2. The predicted molar refractivity (Wildman–Crippen MR) is 159 cm³/mol. The first-order chi connectivity index (χ1) is 18.7. The van der Waals surface area contributed by atoms with Crippen molar-refractivity contribution in [3.05, 3.63) is 168 Å². The molecule has 0 saturated heterocycles. The summed E-state index contributed by atoms with van der Waals surface area (Å²) in [6.45, 7) is 1.61. The number of rotatable bonds is 8. The molecule has 0 aliphatic carbocycles. The highest BCUT2D eigenvalue weighted by Crippen LogP contribution is 2.27. The molecular weight excluding hydrogens is 482 g/mol. The minimum absolute atomic E-state index is 0.370. The Hall–Kier alpha value is -4.39. The van der Waals surface area contributed by atoms with E-state index in [9.17, 15) is 4.21 Å². The molecule has 1 unspecified atom stereocenters. The van der Waals surface area contributed by atoms with Crippen molar-refractivity contribution in [2.24, 2.45) is 0 Å². The first kappa shape index (κ1) is 25.3. The molecule has 5 aromatic rings. The maximum atomic E-state index is 14.2. The predicted octanol–water partition coefficient (Wildman–Crippen LogP) is 7.96. The van der Waals surface area contributed by atoms with Crippen LogP contribution in [0.25, 0.3) is 0 Å². The lowest BCUT2D eigenvalue weighted by atomic mass is 10.1. The molecule has 0 aliphatic heterocycles. The maximum absolute atomic E-state index is 14.2. The van der Waals surface area contributed by atoms with Gasteiger partial charge < -0.3 is 4.90 Å². The highest BCUT2D eigenvalue weighted by molar-refractivity contribution is 8.06. The van der Waals surface area contributed by atoms with Crippen LogP contribution >= 0.6 is 0 Å². The van der Waals surface area contributed by atoms with Gasteiger partial charge in [0.2, 0.25) is 0 Å². The van der Waals surface area contributed by atoms with E-state index in [1.54, 1.807) is 0 Å². The van der Waals surface area contributed by atoms with Crippen molar-refractivity contribution in [1.82, 2.24) is 0 Å². The van der Waals surface area contributed by atoms with Gasteiger partial charge in [0.1, 0.15) is 0 Å². The molecule has 0 spiro atoms. The molecule has 0 aliphatic rings. The van der Waals surface area contributed by atoms with Gasteiger partial charge in [0.25, 0.3) is 0 Å². The Kier molecular flexibility index (Phi) is 8.13. The van der Waals surface area contributed by atoms with Crippen LogP contribution in [0, 0.1) is 11.2 Å². The third kappa shape index (κ3) is 6.68. The monoisotopic (exact) mass is 512 g/mol. The van der Waals surface area contributed by atoms with Crippen LogP contribution in [-0.4, -0.2) is 0 Å². The third-order valence-electron chi connectivity index (χ3n) is 6.36. The normalized spacial score (nSPS) is 12.1. The van der Waals surface area contributed by atoms with E-state index in [0.29, 0.717) is 5.75 Å². The Balaban J connectivity index is 1.42. The van der Waals surface area contributed by atoms with Crippen molar-refractivity contribution < 1.29 is 4.21 Å². The summed E-state index contributed by atoms with van der Waals surface area (Å²) in [5, 5.41) is 3.15. The number of anilines is 1. The molecular formula is C35H30NOS+. The second-order valence-corrected chi connectivity index (χ2v) is 11.5. The summed E-state index contributed by atoms with van der Waals surface area (Å²) in [4.78, 5) is 3.14. The lowest BCUT2D eigenvalue weighted by Crippen LogP contribution is -2.22. The van der Waals surface area contributed by atoms with Crippen LogP contribution in [0.5, 0.6) is 0 Å². The highest BCUT2D eigenvalue weighted by atomic mass is 32.2. The highest BCUT2D eigenvalue weighted by Gasteiger charge is 2.30. The van der Waals surface area contributed by atoms with E-state index in [-0.39, 0.29) is 0 Å². The smallest absolute Gasteiger partial charge is 0.197 e. The molecule has 0 heterocycles. The van der Waals surface area contributed by atoms with Crippen LogP contribution in [-0.2, 0) is 33.0 Å². The summed E-state index contributed by atoms with van der Waals surface area (Å²) < 4.78 is 14.2. The van der Waals surface area contributed by atoms with Gasteiger partial charge in [0, 0.05) is 29.9 Å². The second-order valence-electron chi connectivity index (χ2n) is 9.22. The Bertz CT molecular complexity index is 1500. The van der Waals surface area contributed by atoms with Crippen LogP contribution in [0.3, 0.4) is 0 Å². The zero-order valence-electron chi connectivity index (χ0n) is 21.2. The SMILES string of the molecule is O=[S+](C#Cc1ccccc1)(Cc1ccc(N(Cc2ccccc2)Cc2ccccc2)cc1)c1ccccc1. The summed E-state index contributed by atoms with van der Waals surface area (Å²) >= 11 is 0. The minimum Gasteiger partial charge on any atom is -0.363 e. The summed E-state index contributed by atoms with van der Waals surface area (Å²) in [7, 11) is -2.62. The van der Waals surface area contributed by atoms with Crippen molar-refractivity contribution in [2.45, 2.75) is 23.7 Å². The first-order valence-corrected chi connectivity index (χ1v) is 14.5. The lowest BCUT2D eigenvalue weighted by molar-refractivity contribution is 0.590. The molecule has 0 bridgehead atoms. The molecule has 0 saturated carbocycles. The van der Waals surface area contributed by atoms with E-state index < -0.39 is 9.93 Å². The topological polar surface area (TPSA) is 20.3 Å². The Morgan fingerprint density at radius 3 is 1.53 bits per heavy atom. The van der Waals surface area contributed by atoms with Gasteiger partial charge in [-0.3, -0.25) is 0 Å². The van der Waals surface area contributed by atoms with E-state index >= 15 is 0 Å². The van der Waals surface area contributed by atoms with Gasteiger partial charge in [-0.25, -0.2) is 0 Å². The molecule has 0 fully saturated rings. The average molecular weight is 513 g/mol. The quantitative estimate of drug-likeness (QED) is 0.155. The third-order valence-corrected chi connectivity index (χ3v) is 8.57.